The zero-order valence-corrected chi connectivity index (χ0v) is 37.3. The molecule has 2 N–H and O–H groups in total. The quantitative estimate of drug-likeness (QED) is 0.106. The lowest BCUT2D eigenvalue weighted by Gasteiger charge is -2.46. The van der Waals surface area contributed by atoms with Crippen molar-refractivity contribution >= 4 is 23.5 Å². The van der Waals surface area contributed by atoms with E-state index in [4.69, 9.17) is 23.7 Å². The van der Waals surface area contributed by atoms with Crippen LogP contribution in [0.25, 0.3) is 0 Å². The minimum atomic E-state index is -1.71. The molecule has 0 radical (unpaired) electrons. The fourth-order valence-electron chi connectivity index (χ4n) is 10.6. The number of methoxy groups -OCH3 is 3. The van der Waals surface area contributed by atoms with E-state index < -0.39 is 47.4 Å². The number of aliphatic hydroxyl groups is 1. The van der Waals surface area contributed by atoms with Crippen molar-refractivity contribution < 1.29 is 43.2 Å². The summed E-state index contributed by atoms with van der Waals surface area (Å²) in [6.45, 7) is 0.456. The number of morpholine rings is 1. The van der Waals surface area contributed by atoms with Gasteiger partial charge >= 0.3 is 5.97 Å². The summed E-state index contributed by atoms with van der Waals surface area (Å²) in [7, 11) is 4.78. The molecule has 1 spiro atoms. The lowest BCUT2D eigenvalue weighted by Crippen LogP contribution is -2.56. The van der Waals surface area contributed by atoms with E-state index in [1.165, 1.54) is 0 Å². The van der Waals surface area contributed by atoms with Crippen molar-refractivity contribution in [1.29, 1.82) is 0 Å². The number of hydrogen-bond acceptors (Lipinski definition) is 10. The largest absolute Gasteiger partial charge is 0.497 e. The van der Waals surface area contributed by atoms with Crippen molar-refractivity contribution in [2.24, 2.45) is 5.92 Å². The van der Waals surface area contributed by atoms with E-state index in [9.17, 15) is 5.11 Å². The summed E-state index contributed by atoms with van der Waals surface area (Å²) in [5.41, 5.74) is 4.92. The molecule has 338 valence electrons. The topological polar surface area (TPSA) is 136 Å². The van der Waals surface area contributed by atoms with Gasteiger partial charge in [0.1, 0.15) is 35.7 Å². The van der Waals surface area contributed by atoms with Gasteiger partial charge in [0.2, 0.25) is 11.8 Å². The summed E-state index contributed by atoms with van der Waals surface area (Å²) < 4.78 is 29.1. The van der Waals surface area contributed by atoms with Gasteiger partial charge < -0.3 is 39.0 Å². The van der Waals surface area contributed by atoms with E-state index in [1.54, 1.807) is 38.4 Å². The maximum Gasteiger partial charge on any atom is 0.324 e. The molecule has 0 aliphatic carbocycles. The predicted molar refractivity (Wildman–Crippen MR) is 250 cm³/mol. The molecule has 4 heterocycles. The molecule has 6 atom stereocenters. The lowest BCUT2D eigenvalue weighted by atomic mass is 9.65. The van der Waals surface area contributed by atoms with E-state index >= 15 is 14.4 Å². The number of nitrogens with zero attached hydrogens (tertiary/aromatic N) is 2. The highest BCUT2D eigenvalue weighted by Crippen LogP contribution is 2.65. The number of rotatable bonds is 10. The number of esters is 1. The minimum absolute atomic E-state index is 0.0892. The highest BCUT2D eigenvalue weighted by Gasteiger charge is 2.74. The van der Waals surface area contributed by atoms with Gasteiger partial charge in [-0.05, 0) is 107 Å². The number of ether oxygens (including phenoxy) is 5. The van der Waals surface area contributed by atoms with Crippen molar-refractivity contribution in [3.05, 3.63) is 184 Å². The predicted octanol–water partition coefficient (Wildman–Crippen LogP) is 7.34. The van der Waals surface area contributed by atoms with Gasteiger partial charge in [0.25, 0.3) is 0 Å². The van der Waals surface area contributed by atoms with Gasteiger partial charge in [-0.1, -0.05) is 84.6 Å². The van der Waals surface area contributed by atoms with Crippen LogP contribution in [0.1, 0.15) is 62.7 Å². The van der Waals surface area contributed by atoms with Crippen molar-refractivity contribution in [2.45, 2.75) is 42.6 Å². The summed E-state index contributed by atoms with van der Waals surface area (Å²) in [5, 5.41) is 12.8. The number of benzene rings is 6. The average Bonchev–Trinajstić information content (AvgIpc) is 3.85. The number of carbonyl (C=O) groups excluding carboxylic acids is 3. The van der Waals surface area contributed by atoms with Gasteiger partial charge in [-0.2, -0.15) is 0 Å². The fourth-order valence-corrected chi connectivity index (χ4v) is 10.6. The molecular formula is C55H49N3O9. The van der Waals surface area contributed by atoms with Crippen LogP contribution in [0.3, 0.4) is 0 Å². The normalized spacial score (nSPS) is 22.6. The maximum atomic E-state index is 16.2. The standard InChI is InChI=1S/C55H49N3O9/c1-63-41-21-16-34(17-22-41)14-15-35-18-25-44-43(30-35)55(54(62)56-44)47(52(60)57-27-26-39-31-45(64-2)46(65-3)32-40(39)33-57)49-53(61)67-50(37-12-8-5-9-13-37)48(36-10-6-4-7-11-36)58(49)51(55)38-19-23-42(24-20-38)66-29-28-59/h4-13,16-25,30-32,47-51,59H,26-29,33H2,1-3H3,(H,56,62)/t47-,48-,49-,50+,51+,55-/m0/s1. The molecule has 4 aliphatic rings. The third kappa shape index (κ3) is 7.50. The Morgan fingerprint density at radius 1 is 0.731 bits per heavy atom. The number of hydrogen-bond donors (Lipinski definition) is 2. The number of aliphatic hydroxyl groups excluding tert-OH is 1. The third-order valence-electron chi connectivity index (χ3n) is 13.6. The number of carbonyl (C=O) groups is 3. The van der Waals surface area contributed by atoms with E-state index in [2.05, 4.69) is 22.1 Å². The summed E-state index contributed by atoms with van der Waals surface area (Å²) in [4.78, 5) is 51.2. The first kappa shape index (κ1) is 43.3. The van der Waals surface area contributed by atoms with E-state index in [-0.39, 0.29) is 25.7 Å². The zero-order chi connectivity index (χ0) is 46.2. The van der Waals surface area contributed by atoms with Crippen LogP contribution in [0, 0.1) is 17.8 Å². The molecule has 12 heteroatoms. The summed E-state index contributed by atoms with van der Waals surface area (Å²) in [6, 6.07) is 40.8. The number of fused-ring (bicyclic) bond motifs is 4. The van der Waals surface area contributed by atoms with Crippen LogP contribution in [0.2, 0.25) is 0 Å². The van der Waals surface area contributed by atoms with Crippen LogP contribution in [0.4, 0.5) is 5.69 Å². The highest BCUT2D eigenvalue weighted by atomic mass is 16.6. The Bertz CT molecular complexity index is 2900. The first-order valence-corrected chi connectivity index (χ1v) is 22.3. The molecule has 0 bridgehead atoms. The minimum Gasteiger partial charge on any atom is -0.497 e. The summed E-state index contributed by atoms with van der Waals surface area (Å²) in [6.07, 6.45) is -0.308. The second-order valence-electron chi connectivity index (χ2n) is 17.1. The number of cyclic esters (lactones) is 1. The van der Waals surface area contributed by atoms with Crippen LogP contribution in [0.15, 0.2) is 140 Å². The number of nitrogens with one attached hydrogen (secondary N) is 1. The Morgan fingerprint density at radius 3 is 2.04 bits per heavy atom. The number of amides is 2. The molecule has 0 saturated carbocycles. The van der Waals surface area contributed by atoms with E-state index in [0.29, 0.717) is 58.3 Å². The zero-order valence-electron chi connectivity index (χ0n) is 37.3. The van der Waals surface area contributed by atoms with Crippen LogP contribution in [-0.2, 0) is 37.5 Å². The second kappa shape index (κ2) is 18.0. The van der Waals surface area contributed by atoms with Gasteiger partial charge in [0.05, 0.1) is 45.9 Å². The maximum absolute atomic E-state index is 16.2. The molecule has 2 saturated heterocycles. The second-order valence-corrected chi connectivity index (χ2v) is 17.1. The molecule has 67 heavy (non-hydrogen) atoms. The molecule has 2 fully saturated rings. The van der Waals surface area contributed by atoms with Gasteiger partial charge in [-0.15, -0.1) is 0 Å². The molecule has 0 unspecified atom stereocenters. The van der Waals surface area contributed by atoms with Crippen LogP contribution in [-0.4, -0.2) is 79.8 Å². The van der Waals surface area contributed by atoms with E-state index in [1.807, 2.05) is 127 Å². The van der Waals surface area contributed by atoms with Crippen molar-refractivity contribution in [2.75, 3.05) is 46.4 Å². The van der Waals surface area contributed by atoms with Crippen LogP contribution in [0.5, 0.6) is 23.0 Å². The Morgan fingerprint density at radius 2 is 1.37 bits per heavy atom. The molecule has 6 aromatic rings. The van der Waals surface area contributed by atoms with Crippen molar-refractivity contribution in [3.63, 3.8) is 0 Å². The Balaban J connectivity index is 1.21. The Kier molecular flexibility index (Phi) is 11.6. The lowest BCUT2D eigenvalue weighted by molar-refractivity contribution is -0.179. The third-order valence-corrected chi connectivity index (χ3v) is 13.6. The number of anilines is 1. The van der Waals surface area contributed by atoms with Crippen molar-refractivity contribution in [3.8, 4) is 34.8 Å². The SMILES string of the molecule is COc1ccc(C#Cc2ccc3c(c2)[C@]2(C(=O)N3)[C@H](C(=O)N3CCc4cc(OC)c(OC)cc4C3)[C@H]3C(=O)O[C@H](c4ccccc4)[C@H](c4ccccc4)N3[C@@H]2c2ccc(OCCO)cc2)cc1. The first-order valence-electron chi connectivity index (χ1n) is 22.3. The average molecular weight is 896 g/mol. The van der Waals surface area contributed by atoms with Gasteiger partial charge in [0.15, 0.2) is 11.5 Å². The summed E-state index contributed by atoms with van der Waals surface area (Å²) in [5.74, 6) is 6.26. The van der Waals surface area contributed by atoms with Gasteiger partial charge in [-0.25, -0.2) is 0 Å². The molecule has 6 aromatic carbocycles. The molecule has 0 aromatic heterocycles. The Labute approximate surface area is 389 Å². The molecule has 4 aliphatic heterocycles. The Hall–Kier alpha value is -7.59. The summed E-state index contributed by atoms with van der Waals surface area (Å²) >= 11 is 0. The highest BCUT2D eigenvalue weighted by molar-refractivity contribution is 6.12. The van der Waals surface area contributed by atoms with Crippen molar-refractivity contribution in [1.82, 2.24) is 9.80 Å². The molecule has 10 rings (SSSR count). The van der Waals surface area contributed by atoms with Crippen LogP contribution < -0.4 is 24.3 Å². The molecule has 2 amide bonds. The van der Waals surface area contributed by atoms with Gasteiger partial charge in [0, 0.05) is 29.9 Å². The van der Waals surface area contributed by atoms with E-state index in [0.717, 1.165) is 27.8 Å². The smallest absolute Gasteiger partial charge is 0.324 e. The van der Waals surface area contributed by atoms with Crippen LogP contribution >= 0.6 is 0 Å². The fraction of sp³-hybridized carbons (Fsp3) is 0.255. The molecular weight excluding hydrogens is 847 g/mol. The molecule has 12 nitrogen and oxygen atoms in total. The first-order chi connectivity index (χ1) is 32.8. The van der Waals surface area contributed by atoms with Gasteiger partial charge in [-0.3, -0.25) is 19.3 Å². The monoisotopic (exact) mass is 895 g/mol.